The average Bonchev–Trinajstić information content (AvgIpc) is 3.16. The van der Waals surface area contributed by atoms with Gasteiger partial charge in [-0.3, -0.25) is 4.79 Å². The lowest BCUT2D eigenvalue weighted by atomic mass is 9.77. The van der Waals surface area contributed by atoms with E-state index >= 15 is 0 Å². The third kappa shape index (κ3) is 3.12. The fourth-order valence-electron chi connectivity index (χ4n) is 3.90. The Morgan fingerprint density at radius 2 is 2.09 bits per heavy atom. The summed E-state index contributed by atoms with van der Waals surface area (Å²) in [7, 11) is 0. The highest BCUT2D eigenvalue weighted by molar-refractivity contribution is 6.30. The van der Waals surface area contributed by atoms with Crippen LogP contribution >= 0.6 is 24.0 Å². The van der Waals surface area contributed by atoms with Crippen LogP contribution in [0.2, 0.25) is 5.02 Å². The van der Waals surface area contributed by atoms with Crippen molar-refractivity contribution in [1.82, 2.24) is 4.90 Å². The van der Waals surface area contributed by atoms with E-state index in [4.69, 9.17) is 17.3 Å². The minimum Gasteiger partial charge on any atom is -0.342 e. The number of benzene rings is 1. The minimum absolute atomic E-state index is 0. The van der Waals surface area contributed by atoms with Crippen molar-refractivity contribution in [3.63, 3.8) is 0 Å². The molecule has 122 valence electrons. The number of carbonyl (C=O) groups excluding carboxylic acids is 1. The number of carbonyl (C=O) groups is 1. The molecule has 0 bridgehead atoms. The third-order valence-corrected chi connectivity index (χ3v) is 5.39. The molecule has 0 aromatic heterocycles. The molecule has 1 saturated carbocycles. The van der Waals surface area contributed by atoms with E-state index in [-0.39, 0.29) is 17.8 Å². The number of nitrogens with two attached hydrogens (primary N) is 1. The molecular formula is C17H24Cl2N2O. The van der Waals surface area contributed by atoms with Gasteiger partial charge in [-0.1, -0.05) is 36.6 Å². The second kappa shape index (κ2) is 7.20. The van der Waals surface area contributed by atoms with Crippen molar-refractivity contribution in [2.75, 3.05) is 19.6 Å². The van der Waals surface area contributed by atoms with E-state index in [9.17, 15) is 4.79 Å². The highest BCUT2D eigenvalue weighted by atomic mass is 35.5. The number of hydrogen-bond donors (Lipinski definition) is 1. The fourth-order valence-corrected chi connectivity index (χ4v) is 4.09. The zero-order valence-corrected chi connectivity index (χ0v) is 14.3. The summed E-state index contributed by atoms with van der Waals surface area (Å²) in [6.45, 7) is 2.34. The largest absolute Gasteiger partial charge is 0.342 e. The van der Waals surface area contributed by atoms with Gasteiger partial charge in [-0.25, -0.2) is 0 Å². The van der Waals surface area contributed by atoms with Crippen molar-refractivity contribution >= 4 is 29.9 Å². The minimum atomic E-state index is -0.353. The maximum atomic E-state index is 13.2. The second-order valence-electron chi connectivity index (χ2n) is 6.44. The smallest absolute Gasteiger partial charge is 0.233 e. The molecular weight excluding hydrogens is 319 g/mol. The number of likely N-dealkylation sites (tertiary alicyclic amines) is 1. The molecule has 1 saturated heterocycles. The third-order valence-electron chi connectivity index (χ3n) is 5.15. The molecule has 2 N–H and O–H groups in total. The Kier molecular flexibility index (Phi) is 5.76. The lowest BCUT2D eigenvalue weighted by Gasteiger charge is -2.33. The van der Waals surface area contributed by atoms with Gasteiger partial charge in [0.15, 0.2) is 0 Å². The van der Waals surface area contributed by atoms with Gasteiger partial charge in [-0.05, 0) is 49.4 Å². The van der Waals surface area contributed by atoms with E-state index in [0.29, 0.717) is 23.4 Å². The first-order chi connectivity index (χ1) is 10.2. The summed E-state index contributed by atoms with van der Waals surface area (Å²) in [6.07, 6.45) is 5.15. The summed E-state index contributed by atoms with van der Waals surface area (Å²) >= 11 is 6.15. The summed E-state index contributed by atoms with van der Waals surface area (Å²) < 4.78 is 0. The van der Waals surface area contributed by atoms with E-state index in [0.717, 1.165) is 50.8 Å². The van der Waals surface area contributed by atoms with Crippen molar-refractivity contribution in [3.8, 4) is 0 Å². The van der Waals surface area contributed by atoms with Crippen molar-refractivity contribution < 1.29 is 4.79 Å². The fraction of sp³-hybridized carbons (Fsp3) is 0.588. The Labute approximate surface area is 143 Å². The van der Waals surface area contributed by atoms with Gasteiger partial charge in [-0.2, -0.15) is 0 Å². The van der Waals surface area contributed by atoms with Gasteiger partial charge in [0, 0.05) is 18.1 Å². The molecule has 1 aromatic carbocycles. The molecule has 0 radical (unpaired) electrons. The summed E-state index contributed by atoms with van der Waals surface area (Å²) in [4.78, 5) is 15.2. The first-order valence-corrected chi connectivity index (χ1v) is 8.29. The predicted molar refractivity (Wildman–Crippen MR) is 92.6 cm³/mol. The molecule has 1 aliphatic heterocycles. The molecule has 3 nitrogen and oxygen atoms in total. The van der Waals surface area contributed by atoms with Crippen LogP contribution in [-0.4, -0.2) is 30.4 Å². The summed E-state index contributed by atoms with van der Waals surface area (Å²) in [5.74, 6) is 0.755. The van der Waals surface area contributed by atoms with Crippen LogP contribution in [0.1, 0.15) is 37.7 Å². The zero-order valence-electron chi connectivity index (χ0n) is 12.8. The molecule has 1 aliphatic carbocycles. The van der Waals surface area contributed by atoms with Crippen LogP contribution in [0, 0.1) is 5.92 Å². The van der Waals surface area contributed by atoms with Crippen molar-refractivity contribution in [2.24, 2.45) is 11.7 Å². The van der Waals surface area contributed by atoms with Crippen LogP contribution in [0.4, 0.5) is 0 Å². The van der Waals surface area contributed by atoms with Gasteiger partial charge in [0.25, 0.3) is 0 Å². The van der Waals surface area contributed by atoms with Crippen LogP contribution in [0.15, 0.2) is 24.3 Å². The predicted octanol–water partition coefficient (Wildman–Crippen LogP) is 3.38. The topological polar surface area (TPSA) is 46.3 Å². The lowest BCUT2D eigenvalue weighted by Crippen LogP contribution is -2.44. The maximum Gasteiger partial charge on any atom is 0.233 e. The Morgan fingerprint density at radius 1 is 1.36 bits per heavy atom. The zero-order chi connectivity index (χ0) is 14.9. The van der Waals surface area contributed by atoms with Crippen LogP contribution in [0.5, 0.6) is 0 Å². The molecule has 1 amide bonds. The first-order valence-electron chi connectivity index (χ1n) is 7.91. The SMILES string of the molecule is Cl.NCC1CCN(C(=O)C2(c3cccc(Cl)c3)CCCC2)C1. The van der Waals surface area contributed by atoms with Gasteiger partial charge in [-0.15, -0.1) is 12.4 Å². The highest BCUT2D eigenvalue weighted by Gasteiger charge is 2.46. The maximum absolute atomic E-state index is 13.2. The Morgan fingerprint density at radius 3 is 2.68 bits per heavy atom. The molecule has 3 rings (SSSR count). The van der Waals surface area contributed by atoms with E-state index in [1.165, 1.54) is 0 Å². The normalized spacial score (nSPS) is 23.4. The molecule has 0 spiro atoms. The second-order valence-corrected chi connectivity index (χ2v) is 6.88. The van der Waals surface area contributed by atoms with Crippen molar-refractivity contribution in [2.45, 2.75) is 37.5 Å². The monoisotopic (exact) mass is 342 g/mol. The van der Waals surface area contributed by atoms with Crippen LogP contribution < -0.4 is 5.73 Å². The molecule has 22 heavy (non-hydrogen) atoms. The number of hydrogen-bond acceptors (Lipinski definition) is 2. The first kappa shape index (κ1) is 17.6. The number of rotatable bonds is 3. The van der Waals surface area contributed by atoms with Crippen LogP contribution in [-0.2, 0) is 10.2 Å². The Bertz CT molecular complexity index is 529. The van der Waals surface area contributed by atoms with Crippen LogP contribution in [0.25, 0.3) is 0 Å². The molecule has 2 fully saturated rings. The van der Waals surface area contributed by atoms with Crippen molar-refractivity contribution in [1.29, 1.82) is 0 Å². The number of amides is 1. The van der Waals surface area contributed by atoms with Gasteiger partial charge in [0.1, 0.15) is 0 Å². The molecule has 1 aromatic rings. The summed E-state index contributed by atoms with van der Waals surface area (Å²) in [5.41, 5.74) is 6.50. The Hall–Kier alpha value is -0.770. The van der Waals surface area contributed by atoms with Gasteiger partial charge >= 0.3 is 0 Å². The summed E-state index contributed by atoms with van der Waals surface area (Å²) in [6, 6.07) is 7.86. The molecule has 1 heterocycles. The van der Waals surface area contributed by atoms with Gasteiger partial charge in [0.2, 0.25) is 5.91 Å². The number of nitrogens with zero attached hydrogens (tertiary/aromatic N) is 1. The highest BCUT2D eigenvalue weighted by Crippen LogP contribution is 2.43. The van der Waals surface area contributed by atoms with Gasteiger partial charge in [0.05, 0.1) is 5.41 Å². The lowest BCUT2D eigenvalue weighted by molar-refractivity contribution is -0.136. The molecule has 2 aliphatic rings. The quantitative estimate of drug-likeness (QED) is 0.915. The van der Waals surface area contributed by atoms with E-state index in [2.05, 4.69) is 6.07 Å². The summed E-state index contributed by atoms with van der Waals surface area (Å²) in [5, 5.41) is 0.716. The standard InChI is InChI=1S/C17H23ClN2O.ClH/c18-15-5-3-4-14(10-15)17(7-1-2-8-17)16(21)20-9-6-13(11-19)12-20;/h3-5,10,13H,1-2,6-9,11-12,19H2;1H. The van der Waals surface area contributed by atoms with E-state index in [1.807, 2.05) is 23.1 Å². The molecule has 1 unspecified atom stereocenters. The average molecular weight is 343 g/mol. The van der Waals surface area contributed by atoms with E-state index < -0.39 is 0 Å². The Balaban J connectivity index is 0.00000176. The van der Waals surface area contributed by atoms with Crippen molar-refractivity contribution in [3.05, 3.63) is 34.9 Å². The van der Waals surface area contributed by atoms with Crippen LogP contribution in [0.3, 0.4) is 0 Å². The molecule has 5 heteroatoms. The molecule has 1 atom stereocenters. The number of halogens is 2. The van der Waals surface area contributed by atoms with E-state index in [1.54, 1.807) is 0 Å². The van der Waals surface area contributed by atoms with Gasteiger partial charge < -0.3 is 10.6 Å².